The molecular formula is C57H113NO8P+. The van der Waals surface area contributed by atoms with Crippen LogP contribution in [0.2, 0.25) is 0 Å². The molecule has 0 spiro atoms. The molecule has 0 saturated heterocycles. The summed E-state index contributed by atoms with van der Waals surface area (Å²) in [5, 5.41) is 0. The Bertz CT molecular complexity index is 1140. The second-order valence-corrected chi connectivity index (χ2v) is 22.5. The number of carbonyl (C=O) groups is 2. The number of phosphoric acid groups is 1. The highest BCUT2D eigenvalue weighted by atomic mass is 31.2. The average Bonchev–Trinajstić information content (AvgIpc) is 3.29. The smallest absolute Gasteiger partial charge is 0.462 e. The van der Waals surface area contributed by atoms with Gasteiger partial charge in [0.15, 0.2) is 6.10 Å². The minimum atomic E-state index is -4.38. The van der Waals surface area contributed by atoms with Crippen LogP contribution >= 0.6 is 7.82 Å². The molecule has 0 aliphatic carbocycles. The Morgan fingerprint density at radius 2 is 0.761 bits per heavy atom. The van der Waals surface area contributed by atoms with Crippen LogP contribution in [0, 0.1) is 0 Å². The lowest BCUT2D eigenvalue weighted by Crippen LogP contribution is -2.37. The van der Waals surface area contributed by atoms with Gasteiger partial charge in [-0.2, -0.15) is 0 Å². The molecule has 0 saturated carbocycles. The van der Waals surface area contributed by atoms with E-state index in [0.29, 0.717) is 23.9 Å². The number of nitrogens with zero attached hydrogens (tertiary/aromatic N) is 1. The first-order chi connectivity index (χ1) is 32.5. The minimum Gasteiger partial charge on any atom is -0.462 e. The molecule has 0 aliphatic rings. The molecule has 1 N–H and O–H groups in total. The van der Waals surface area contributed by atoms with Crippen molar-refractivity contribution in [3.63, 3.8) is 0 Å². The number of hydrogen-bond acceptors (Lipinski definition) is 7. The number of rotatable bonds is 54. The lowest BCUT2D eigenvalue weighted by Gasteiger charge is -2.24. The van der Waals surface area contributed by atoms with E-state index in [0.717, 1.165) is 32.1 Å². The zero-order chi connectivity index (χ0) is 49.2. The van der Waals surface area contributed by atoms with Gasteiger partial charge in [0.05, 0.1) is 27.7 Å². The summed E-state index contributed by atoms with van der Waals surface area (Å²) >= 11 is 0. The van der Waals surface area contributed by atoms with Crippen LogP contribution in [-0.2, 0) is 32.7 Å². The summed E-state index contributed by atoms with van der Waals surface area (Å²) in [7, 11) is 1.49. The van der Waals surface area contributed by atoms with Crippen molar-refractivity contribution in [2.75, 3.05) is 47.5 Å². The summed E-state index contributed by atoms with van der Waals surface area (Å²) in [5.74, 6) is -0.779. The zero-order valence-corrected chi connectivity index (χ0v) is 46.1. The summed E-state index contributed by atoms with van der Waals surface area (Å²) in [6, 6.07) is 0. The first kappa shape index (κ1) is 65.8. The Morgan fingerprint density at radius 3 is 1.10 bits per heavy atom. The van der Waals surface area contributed by atoms with Gasteiger partial charge in [-0.05, 0) is 38.5 Å². The van der Waals surface area contributed by atoms with E-state index in [1.54, 1.807) is 0 Å². The molecule has 0 heterocycles. The number of phosphoric ester groups is 1. The van der Waals surface area contributed by atoms with Gasteiger partial charge < -0.3 is 18.9 Å². The second-order valence-electron chi connectivity index (χ2n) is 21.0. The fraction of sp³-hybridized carbons (Fsp3) is 0.930. The molecule has 0 aliphatic heterocycles. The van der Waals surface area contributed by atoms with E-state index in [2.05, 4.69) is 26.0 Å². The molecule has 2 atom stereocenters. The lowest BCUT2D eigenvalue weighted by atomic mass is 10.0. The van der Waals surface area contributed by atoms with Crippen LogP contribution in [0.5, 0.6) is 0 Å². The second kappa shape index (κ2) is 49.7. The van der Waals surface area contributed by atoms with Gasteiger partial charge in [0, 0.05) is 12.8 Å². The van der Waals surface area contributed by atoms with Gasteiger partial charge >= 0.3 is 19.8 Å². The van der Waals surface area contributed by atoms with E-state index in [4.69, 9.17) is 18.5 Å². The highest BCUT2D eigenvalue weighted by molar-refractivity contribution is 7.47. The molecule has 0 amide bonds. The molecule has 0 fully saturated rings. The number of quaternary nitrogens is 1. The largest absolute Gasteiger partial charge is 0.472 e. The highest BCUT2D eigenvalue weighted by Gasteiger charge is 2.27. The SMILES string of the molecule is CCCCCCCCCC/C=C\CCCCCCCCCCCCCC(=O)OC(COC(=O)CCCCCCCCCCCCCCCCCCCCCC)COP(=O)(O)OCC[N+](C)(C)C. The van der Waals surface area contributed by atoms with Crippen molar-refractivity contribution < 1.29 is 42.1 Å². The zero-order valence-electron chi connectivity index (χ0n) is 45.2. The third-order valence-electron chi connectivity index (χ3n) is 13.0. The van der Waals surface area contributed by atoms with E-state index in [1.807, 2.05) is 21.1 Å². The summed E-state index contributed by atoms with van der Waals surface area (Å²) < 4.78 is 34.6. The van der Waals surface area contributed by atoms with E-state index in [1.165, 1.54) is 225 Å². The fourth-order valence-corrected chi connectivity index (χ4v) is 9.28. The Kier molecular flexibility index (Phi) is 48.8. The quantitative estimate of drug-likeness (QED) is 0.0211. The Balaban J connectivity index is 4.13. The normalized spacial score (nSPS) is 13.3. The molecule has 0 rings (SSSR count). The van der Waals surface area contributed by atoms with Crippen LogP contribution < -0.4 is 0 Å². The summed E-state index contributed by atoms with van der Waals surface area (Å²) in [6.07, 6.45) is 57.0. The van der Waals surface area contributed by atoms with Gasteiger partial charge in [0.25, 0.3) is 0 Å². The third-order valence-corrected chi connectivity index (χ3v) is 14.0. The summed E-state index contributed by atoms with van der Waals surface area (Å²) in [6.45, 7) is 4.49. The van der Waals surface area contributed by atoms with Crippen molar-refractivity contribution in [3.8, 4) is 0 Å². The maximum atomic E-state index is 12.8. The van der Waals surface area contributed by atoms with Crippen molar-refractivity contribution in [1.29, 1.82) is 0 Å². The number of ether oxygens (including phenoxy) is 2. The van der Waals surface area contributed by atoms with Crippen molar-refractivity contribution in [2.45, 2.75) is 296 Å². The van der Waals surface area contributed by atoms with Crippen LogP contribution in [0.3, 0.4) is 0 Å². The molecule has 9 nitrogen and oxygen atoms in total. The average molecular weight is 972 g/mol. The fourth-order valence-electron chi connectivity index (χ4n) is 8.54. The van der Waals surface area contributed by atoms with E-state index in [9.17, 15) is 19.0 Å². The first-order valence-corrected chi connectivity index (χ1v) is 30.4. The Morgan fingerprint density at radius 1 is 0.448 bits per heavy atom. The number of unbranched alkanes of at least 4 members (excludes halogenated alkanes) is 38. The molecular weight excluding hydrogens is 858 g/mol. The lowest BCUT2D eigenvalue weighted by molar-refractivity contribution is -0.870. The van der Waals surface area contributed by atoms with Crippen LogP contribution in [0.1, 0.15) is 290 Å². The molecule has 0 bridgehead atoms. The highest BCUT2D eigenvalue weighted by Crippen LogP contribution is 2.43. The number of carbonyl (C=O) groups excluding carboxylic acids is 2. The Labute approximate surface area is 416 Å². The van der Waals surface area contributed by atoms with Crippen molar-refractivity contribution in [1.82, 2.24) is 0 Å². The van der Waals surface area contributed by atoms with Gasteiger partial charge in [-0.25, -0.2) is 4.57 Å². The number of allylic oxidation sites excluding steroid dienone is 2. The predicted molar refractivity (Wildman–Crippen MR) is 284 cm³/mol. The van der Waals surface area contributed by atoms with Crippen LogP contribution in [0.25, 0.3) is 0 Å². The van der Waals surface area contributed by atoms with Gasteiger partial charge in [0.1, 0.15) is 19.8 Å². The van der Waals surface area contributed by atoms with E-state index >= 15 is 0 Å². The Hall–Kier alpha value is -1.25. The van der Waals surface area contributed by atoms with Crippen LogP contribution in [0.4, 0.5) is 0 Å². The maximum Gasteiger partial charge on any atom is 0.472 e. The molecule has 67 heavy (non-hydrogen) atoms. The predicted octanol–water partition coefficient (Wildman–Crippen LogP) is 17.7. The van der Waals surface area contributed by atoms with Crippen molar-refractivity contribution in [3.05, 3.63) is 12.2 Å². The number of likely N-dealkylation sites (N-methyl/N-ethyl adjacent to an activating group) is 1. The topological polar surface area (TPSA) is 108 Å². The van der Waals surface area contributed by atoms with Crippen molar-refractivity contribution in [2.24, 2.45) is 0 Å². The van der Waals surface area contributed by atoms with Gasteiger partial charge in [-0.3, -0.25) is 18.6 Å². The van der Waals surface area contributed by atoms with Crippen LogP contribution in [0.15, 0.2) is 12.2 Å². The molecule has 398 valence electrons. The molecule has 0 aromatic rings. The molecule has 0 radical (unpaired) electrons. The summed E-state index contributed by atoms with van der Waals surface area (Å²) in [5.41, 5.74) is 0. The van der Waals surface area contributed by atoms with Crippen molar-refractivity contribution >= 4 is 19.8 Å². The molecule has 0 aromatic heterocycles. The number of hydrogen-bond donors (Lipinski definition) is 1. The first-order valence-electron chi connectivity index (χ1n) is 28.9. The molecule has 0 aromatic carbocycles. The standard InChI is InChI=1S/C57H112NO8P/c1-6-8-10-12-14-16-18-20-22-24-26-28-29-30-32-34-36-38-40-42-44-46-48-50-57(60)66-55(54-65-67(61,62)64-52-51-58(3,4)5)53-63-56(59)49-47-45-43-41-39-37-35-33-31-27-25-23-21-19-17-15-13-11-9-7-2/h24,26,55H,6-23,25,27-54H2,1-5H3/p+1/b26-24-. The van der Waals surface area contributed by atoms with Gasteiger partial charge in [-0.15, -0.1) is 0 Å². The maximum absolute atomic E-state index is 12.8. The molecule has 2 unspecified atom stereocenters. The summed E-state index contributed by atoms with van der Waals surface area (Å²) in [4.78, 5) is 35.7. The van der Waals surface area contributed by atoms with E-state index < -0.39 is 26.5 Å². The minimum absolute atomic E-state index is 0.0355. The molecule has 10 heteroatoms. The van der Waals surface area contributed by atoms with E-state index in [-0.39, 0.29) is 25.6 Å². The third kappa shape index (κ3) is 53.9. The van der Waals surface area contributed by atoms with Gasteiger partial charge in [0.2, 0.25) is 0 Å². The van der Waals surface area contributed by atoms with Crippen LogP contribution in [-0.4, -0.2) is 74.9 Å². The number of esters is 2. The monoisotopic (exact) mass is 971 g/mol. The van der Waals surface area contributed by atoms with Gasteiger partial charge in [-0.1, -0.05) is 251 Å².